The van der Waals surface area contributed by atoms with E-state index >= 15 is 0 Å². The number of hydrogen-bond donors (Lipinski definition) is 2. The second-order valence-corrected chi connectivity index (χ2v) is 7.20. The molecule has 0 amide bonds. The van der Waals surface area contributed by atoms with Crippen LogP contribution in [-0.2, 0) is 17.8 Å². The summed E-state index contributed by atoms with van der Waals surface area (Å²) in [6, 6.07) is 18.5. The molecule has 0 aromatic heterocycles. The maximum atomic E-state index is 11.1. The summed E-state index contributed by atoms with van der Waals surface area (Å²) < 4.78 is 5.85. The Labute approximate surface area is 156 Å². The van der Waals surface area contributed by atoms with Gasteiger partial charge in [-0.2, -0.15) is 0 Å². The lowest BCUT2D eigenvalue weighted by atomic mass is 9.90. The van der Waals surface area contributed by atoms with Crippen LogP contribution in [0.3, 0.4) is 0 Å². The number of aliphatic carboxylic acids is 1. The standard InChI is InChI=1S/C22H29NO3/c1-22(2,21(24)25)13-14-23-17-19-10-6-12-20(16-19)26-15-7-11-18-8-4-3-5-9-18/h3-6,8-10,12,16,23H,7,11,13-15,17H2,1-2H3,(H,24,25). The van der Waals surface area contributed by atoms with Crippen molar-refractivity contribution in [2.45, 2.75) is 39.7 Å². The smallest absolute Gasteiger partial charge is 0.309 e. The summed E-state index contributed by atoms with van der Waals surface area (Å²) in [6.45, 7) is 5.57. The van der Waals surface area contributed by atoms with E-state index in [0.29, 0.717) is 26.1 Å². The van der Waals surface area contributed by atoms with Gasteiger partial charge < -0.3 is 15.2 Å². The van der Waals surface area contributed by atoms with Crippen LogP contribution < -0.4 is 10.1 Å². The molecule has 0 bridgehead atoms. The molecule has 2 aromatic carbocycles. The Hall–Kier alpha value is -2.33. The third-order valence-electron chi connectivity index (χ3n) is 4.45. The first-order chi connectivity index (χ1) is 12.5. The minimum Gasteiger partial charge on any atom is -0.494 e. The van der Waals surface area contributed by atoms with Gasteiger partial charge in [0.15, 0.2) is 0 Å². The van der Waals surface area contributed by atoms with Crippen LogP contribution in [0.25, 0.3) is 0 Å². The lowest BCUT2D eigenvalue weighted by molar-refractivity contribution is -0.147. The normalized spacial score (nSPS) is 11.3. The first kappa shape index (κ1) is 20.0. The minimum atomic E-state index is -0.759. The molecular formula is C22H29NO3. The van der Waals surface area contributed by atoms with Crippen molar-refractivity contribution < 1.29 is 14.6 Å². The molecule has 0 aliphatic heterocycles. The number of carboxylic acids is 1. The average Bonchev–Trinajstić information content (AvgIpc) is 2.63. The summed E-state index contributed by atoms with van der Waals surface area (Å²) >= 11 is 0. The fourth-order valence-electron chi connectivity index (χ4n) is 2.60. The van der Waals surface area contributed by atoms with Crippen molar-refractivity contribution in [2.24, 2.45) is 5.41 Å². The SMILES string of the molecule is CC(C)(CCNCc1cccc(OCCCc2ccccc2)c1)C(=O)O. The second-order valence-electron chi connectivity index (χ2n) is 7.20. The summed E-state index contributed by atoms with van der Waals surface area (Å²) in [4.78, 5) is 11.1. The molecular weight excluding hydrogens is 326 g/mol. The first-order valence-electron chi connectivity index (χ1n) is 9.17. The number of carboxylic acid groups (broad SMARTS) is 1. The van der Waals surface area contributed by atoms with Gasteiger partial charge in [-0.1, -0.05) is 42.5 Å². The van der Waals surface area contributed by atoms with Crippen LogP contribution in [0.2, 0.25) is 0 Å². The molecule has 2 N–H and O–H groups in total. The zero-order valence-electron chi connectivity index (χ0n) is 15.7. The highest BCUT2D eigenvalue weighted by Crippen LogP contribution is 2.19. The Kier molecular flexibility index (Phi) is 7.67. The largest absolute Gasteiger partial charge is 0.494 e. The molecule has 0 atom stereocenters. The Morgan fingerprint density at radius 3 is 2.54 bits per heavy atom. The van der Waals surface area contributed by atoms with Gasteiger partial charge in [0.25, 0.3) is 0 Å². The van der Waals surface area contributed by atoms with Crippen molar-refractivity contribution >= 4 is 5.97 Å². The molecule has 0 spiro atoms. The highest BCUT2D eigenvalue weighted by atomic mass is 16.5. The van der Waals surface area contributed by atoms with E-state index in [9.17, 15) is 4.79 Å². The molecule has 0 heterocycles. The summed E-state index contributed by atoms with van der Waals surface area (Å²) in [5.41, 5.74) is 1.77. The third-order valence-corrected chi connectivity index (χ3v) is 4.45. The number of nitrogens with one attached hydrogen (secondary N) is 1. The lowest BCUT2D eigenvalue weighted by Gasteiger charge is -2.19. The van der Waals surface area contributed by atoms with Gasteiger partial charge in [0.1, 0.15) is 5.75 Å². The predicted octanol–water partition coefficient (Wildman–Crippen LogP) is 4.29. The minimum absolute atomic E-state index is 0.595. The maximum absolute atomic E-state index is 11.1. The molecule has 4 nitrogen and oxygen atoms in total. The molecule has 0 saturated carbocycles. The van der Waals surface area contributed by atoms with Crippen LogP contribution in [0.1, 0.15) is 37.8 Å². The average molecular weight is 355 g/mol. The number of hydrogen-bond acceptors (Lipinski definition) is 3. The van der Waals surface area contributed by atoms with Crippen molar-refractivity contribution in [2.75, 3.05) is 13.2 Å². The topological polar surface area (TPSA) is 58.6 Å². The highest BCUT2D eigenvalue weighted by molar-refractivity contribution is 5.73. The van der Waals surface area contributed by atoms with Crippen molar-refractivity contribution in [3.63, 3.8) is 0 Å². The zero-order chi connectivity index (χ0) is 18.8. The quantitative estimate of drug-likeness (QED) is 0.591. The highest BCUT2D eigenvalue weighted by Gasteiger charge is 2.25. The van der Waals surface area contributed by atoms with E-state index in [-0.39, 0.29) is 0 Å². The Morgan fingerprint density at radius 1 is 1.08 bits per heavy atom. The number of rotatable bonds is 11. The van der Waals surface area contributed by atoms with E-state index in [2.05, 4.69) is 29.6 Å². The van der Waals surface area contributed by atoms with Crippen molar-refractivity contribution in [1.29, 1.82) is 0 Å². The van der Waals surface area contributed by atoms with Crippen molar-refractivity contribution in [1.82, 2.24) is 5.32 Å². The van der Waals surface area contributed by atoms with Gasteiger partial charge in [-0.05, 0) is 62.9 Å². The van der Waals surface area contributed by atoms with E-state index in [0.717, 1.165) is 24.2 Å². The lowest BCUT2D eigenvalue weighted by Crippen LogP contribution is -2.28. The zero-order valence-corrected chi connectivity index (χ0v) is 15.7. The Balaban J connectivity index is 1.69. The van der Waals surface area contributed by atoms with Gasteiger partial charge in [-0.15, -0.1) is 0 Å². The van der Waals surface area contributed by atoms with E-state index in [1.54, 1.807) is 13.8 Å². The van der Waals surface area contributed by atoms with E-state index in [4.69, 9.17) is 9.84 Å². The fourth-order valence-corrected chi connectivity index (χ4v) is 2.60. The van der Waals surface area contributed by atoms with Crippen LogP contribution in [0.4, 0.5) is 0 Å². The molecule has 4 heteroatoms. The third kappa shape index (κ3) is 6.89. The molecule has 0 radical (unpaired) electrons. The van der Waals surface area contributed by atoms with Gasteiger partial charge in [-0.3, -0.25) is 4.79 Å². The molecule has 0 saturated heterocycles. The molecule has 0 aliphatic rings. The second kappa shape index (κ2) is 9.97. The number of benzene rings is 2. The van der Waals surface area contributed by atoms with E-state index in [1.807, 2.05) is 30.3 Å². The van der Waals surface area contributed by atoms with Crippen molar-refractivity contribution in [3.05, 3.63) is 65.7 Å². The van der Waals surface area contributed by atoms with Crippen LogP contribution in [0.15, 0.2) is 54.6 Å². The Morgan fingerprint density at radius 2 is 1.81 bits per heavy atom. The van der Waals surface area contributed by atoms with Crippen molar-refractivity contribution in [3.8, 4) is 5.75 Å². The summed E-state index contributed by atoms with van der Waals surface area (Å²) in [5.74, 6) is 0.119. The Bertz CT molecular complexity index is 683. The van der Waals surface area contributed by atoms with Gasteiger partial charge in [0, 0.05) is 6.54 Å². The van der Waals surface area contributed by atoms with Crippen LogP contribution in [0.5, 0.6) is 5.75 Å². The van der Waals surface area contributed by atoms with Crippen LogP contribution in [0, 0.1) is 5.41 Å². The number of aryl methyl sites for hydroxylation is 1. The molecule has 2 aromatic rings. The predicted molar refractivity (Wildman–Crippen MR) is 104 cm³/mol. The van der Waals surface area contributed by atoms with Crippen LogP contribution >= 0.6 is 0 Å². The number of carbonyl (C=O) groups is 1. The van der Waals surface area contributed by atoms with Gasteiger partial charge in [0.2, 0.25) is 0 Å². The van der Waals surface area contributed by atoms with Gasteiger partial charge >= 0.3 is 5.97 Å². The fraction of sp³-hybridized carbons (Fsp3) is 0.409. The summed E-state index contributed by atoms with van der Waals surface area (Å²) in [6.07, 6.45) is 2.59. The molecule has 2 rings (SSSR count). The first-order valence-corrected chi connectivity index (χ1v) is 9.17. The summed E-state index contributed by atoms with van der Waals surface area (Å²) in [7, 11) is 0. The number of ether oxygens (including phenoxy) is 1. The molecule has 0 fully saturated rings. The monoisotopic (exact) mass is 355 g/mol. The molecule has 140 valence electrons. The van der Waals surface area contributed by atoms with E-state index < -0.39 is 11.4 Å². The van der Waals surface area contributed by atoms with Gasteiger partial charge in [-0.25, -0.2) is 0 Å². The molecule has 0 unspecified atom stereocenters. The van der Waals surface area contributed by atoms with E-state index in [1.165, 1.54) is 5.56 Å². The maximum Gasteiger partial charge on any atom is 0.309 e. The molecule has 0 aliphatic carbocycles. The summed E-state index contributed by atoms with van der Waals surface area (Å²) in [5, 5.41) is 12.4. The molecule has 26 heavy (non-hydrogen) atoms. The van der Waals surface area contributed by atoms with Gasteiger partial charge in [0.05, 0.1) is 12.0 Å². The van der Waals surface area contributed by atoms with Crippen LogP contribution in [-0.4, -0.2) is 24.2 Å².